The molecule has 0 aliphatic carbocycles. The molecule has 0 unspecified atom stereocenters. The minimum Gasteiger partial charge on any atom is -0.496 e. The molecule has 2 N–H and O–H groups in total. The van der Waals surface area contributed by atoms with E-state index in [1.165, 1.54) is 25.3 Å². The van der Waals surface area contributed by atoms with Crippen molar-refractivity contribution in [2.75, 3.05) is 12.9 Å². The third-order valence-electron chi connectivity index (χ3n) is 3.31. The molecule has 0 aliphatic rings. The lowest BCUT2D eigenvalue weighted by Gasteiger charge is -2.11. The zero-order valence-electron chi connectivity index (χ0n) is 13.8. The summed E-state index contributed by atoms with van der Waals surface area (Å²) in [5.74, 6) is -0.714. The van der Waals surface area contributed by atoms with Crippen molar-refractivity contribution in [1.82, 2.24) is 0 Å². The van der Waals surface area contributed by atoms with Crippen molar-refractivity contribution in [3.8, 4) is 5.75 Å². The highest BCUT2D eigenvalue weighted by Crippen LogP contribution is 2.26. The second-order valence-corrected chi connectivity index (χ2v) is 6.10. The van der Waals surface area contributed by atoms with Crippen LogP contribution < -0.4 is 10.5 Å². The summed E-state index contributed by atoms with van der Waals surface area (Å²) >= 11 is 1.13. The summed E-state index contributed by atoms with van der Waals surface area (Å²) in [5, 5.41) is 10.9. The van der Waals surface area contributed by atoms with Crippen LogP contribution in [0.1, 0.15) is 15.9 Å². The molecule has 0 saturated carbocycles. The number of carbonyl (C=O) groups excluding carboxylic acids is 2. The number of benzene rings is 2. The standard InChI is InChI=1S/C17H16N2O6S/c1-24-14-7-6-12(19(22)23)8-11(14)9-25-17(21)13-4-2-3-5-15(13)26-10-16(18)20/h2-8H,9-10H2,1H3,(H2,18,20). The second-order valence-electron chi connectivity index (χ2n) is 5.08. The fourth-order valence-electron chi connectivity index (χ4n) is 2.12. The molecule has 0 atom stereocenters. The first-order valence-corrected chi connectivity index (χ1v) is 8.39. The Balaban J connectivity index is 2.15. The van der Waals surface area contributed by atoms with Crippen LogP contribution in [-0.4, -0.2) is 29.7 Å². The highest BCUT2D eigenvalue weighted by atomic mass is 32.2. The number of nitrogens with two attached hydrogens (primary N) is 1. The van der Waals surface area contributed by atoms with E-state index in [4.69, 9.17) is 15.2 Å². The average molecular weight is 376 g/mol. The van der Waals surface area contributed by atoms with Crippen molar-refractivity contribution in [3.05, 3.63) is 63.7 Å². The molecule has 2 aromatic carbocycles. The summed E-state index contributed by atoms with van der Waals surface area (Å²) in [6, 6.07) is 10.7. The Morgan fingerprint density at radius 2 is 1.96 bits per heavy atom. The van der Waals surface area contributed by atoms with Crippen LogP contribution in [0.2, 0.25) is 0 Å². The van der Waals surface area contributed by atoms with E-state index in [9.17, 15) is 19.7 Å². The van der Waals surface area contributed by atoms with Gasteiger partial charge < -0.3 is 15.2 Å². The summed E-state index contributed by atoms with van der Waals surface area (Å²) in [5.41, 5.74) is 5.65. The van der Waals surface area contributed by atoms with E-state index in [0.717, 1.165) is 11.8 Å². The lowest BCUT2D eigenvalue weighted by atomic mass is 10.2. The monoisotopic (exact) mass is 376 g/mol. The van der Waals surface area contributed by atoms with Gasteiger partial charge >= 0.3 is 5.97 Å². The Morgan fingerprint density at radius 1 is 1.23 bits per heavy atom. The number of nitro benzene ring substituents is 1. The summed E-state index contributed by atoms with van der Waals surface area (Å²) < 4.78 is 10.4. The molecule has 0 fully saturated rings. The van der Waals surface area contributed by atoms with Gasteiger partial charge in [-0.15, -0.1) is 11.8 Å². The van der Waals surface area contributed by atoms with Crippen molar-refractivity contribution in [3.63, 3.8) is 0 Å². The van der Waals surface area contributed by atoms with Gasteiger partial charge in [-0.3, -0.25) is 14.9 Å². The van der Waals surface area contributed by atoms with Crippen molar-refractivity contribution in [1.29, 1.82) is 0 Å². The highest BCUT2D eigenvalue weighted by Gasteiger charge is 2.16. The van der Waals surface area contributed by atoms with Gasteiger partial charge in [-0.1, -0.05) is 12.1 Å². The predicted molar refractivity (Wildman–Crippen MR) is 95.1 cm³/mol. The molecule has 0 saturated heterocycles. The van der Waals surface area contributed by atoms with Crippen molar-refractivity contribution >= 4 is 29.3 Å². The van der Waals surface area contributed by atoms with E-state index in [0.29, 0.717) is 16.2 Å². The fraction of sp³-hybridized carbons (Fsp3) is 0.176. The molecular weight excluding hydrogens is 360 g/mol. The number of hydrogen-bond acceptors (Lipinski definition) is 7. The van der Waals surface area contributed by atoms with Crippen LogP contribution in [0, 0.1) is 10.1 Å². The van der Waals surface area contributed by atoms with Gasteiger partial charge in [0.15, 0.2) is 0 Å². The van der Waals surface area contributed by atoms with Gasteiger partial charge in [-0.2, -0.15) is 0 Å². The minimum atomic E-state index is -0.619. The highest BCUT2D eigenvalue weighted by molar-refractivity contribution is 8.00. The molecule has 26 heavy (non-hydrogen) atoms. The van der Waals surface area contributed by atoms with Crippen molar-refractivity contribution < 1.29 is 24.0 Å². The smallest absolute Gasteiger partial charge is 0.339 e. The molecule has 0 bridgehead atoms. The van der Waals surface area contributed by atoms with Crippen LogP contribution in [0.4, 0.5) is 5.69 Å². The minimum absolute atomic E-state index is 0.0308. The zero-order chi connectivity index (χ0) is 19.1. The molecule has 0 spiro atoms. The quantitative estimate of drug-likeness (QED) is 0.325. The number of methoxy groups -OCH3 is 1. The van der Waals surface area contributed by atoms with E-state index < -0.39 is 16.8 Å². The molecule has 0 heterocycles. The van der Waals surface area contributed by atoms with Gasteiger partial charge in [0.05, 0.1) is 23.3 Å². The van der Waals surface area contributed by atoms with E-state index >= 15 is 0 Å². The van der Waals surface area contributed by atoms with Gasteiger partial charge in [0.1, 0.15) is 12.4 Å². The maximum absolute atomic E-state index is 12.4. The summed E-state index contributed by atoms with van der Waals surface area (Å²) in [4.78, 5) is 34.2. The molecule has 0 radical (unpaired) electrons. The molecule has 8 nitrogen and oxygen atoms in total. The Kier molecular flexibility index (Phi) is 6.56. The summed E-state index contributed by atoms with van der Waals surface area (Å²) in [6.07, 6.45) is 0. The third kappa shape index (κ3) is 4.96. The Hall–Kier alpha value is -3.07. The van der Waals surface area contributed by atoms with E-state index in [2.05, 4.69) is 0 Å². The largest absolute Gasteiger partial charge is 0.496 e. The number of ether oxygens (including phenoxy) is 2. The van der Waals surface area contributed by atoms with Gasteiger partial charge in [-0.25, -0.2) is 4.79 Å². The molecule has 2 aromatic rings. The number of nitro groups is 1. The average Bonchev–Trinajstić information content (AvgIpc) is 2.64. The first-order valence-electron chi connectivity index (χ1n) is 7.41. The molecular formula is C17H16N2O6S. The number of thioether (sulfide) groups is 1. The Morgan fingerprint density at radius 3 is 2.62 bits per heavy atom. The van der Waals surface area contributed by atoms with Crippen LogP contribution in [0.3, 0.4) is 0 Å². The second kappa shape index (κ2) is 8.86. The number of rotatable bonds is 8. The van der Waals surface area contributed by atoms with E-state index in [1.54, 1.807) is 24.3 Å². The number of amides is 1. The summed E-state index contributed by atoms with van der Waals surface area (Å²) in [7, 11) is 1.42. The maximum Gasteiger partial charge on any atom is 0.339 e. The van der Waals surface area contributed by atoms with Crippen LogP contribution in [0.25, 0.3) is 0 Å². The molecule has 0 aromatic heterocycles. The maximum atomic E-state index is 12.4. The van der Waals surface area contributed by atoms with Gasteiger partial charge in [-0.05, 0) is 18.2 Å². The first kappa shape index (κ1) is 19.3. The molecule has 2 rings (SSSR count). The number of nitrogens with zero attached hydrogens (tertiary/aromatic N) is 1. The van der Waals surface area contributed by atoms with Crippen LogP contribution in [0.15, 0.2) is 47.4 Å². The SMILES string of the molecule is COc1ccc([N+](=O)[O-])cc1COC(=O)c1ccccc1SCC(N)=O. The molecule has 0 aliphatic heterocycles. The predicted octanol–water partition coefficient (Wildman–Crippen LogP) is 2.54. The lowest BCUT2D eigenvalue weighted by molar-refractivity contribution is -0.385. The van der Waals surface area contributed by atoms with Crippen LogP contribution >= 0.6 is 11.8 Å². The van der Waals surface area contributed by atoms with Gasteiger partial charge in [0.25, 0.3) is 5.69 Å². The number of primary amides is 1. The van der Waals surface area contributed by atoms with Gasteiger partial charge in [0, 0.05) is 22.6 Å². The van der Waals surface area contributed by atoms with Crippen molar-refractivity contribution in [2.45, 2.75) is 11.5 Å². The molecule has 9 heteroatoms. The topological polar surface area (TPSA) is 122 Å². The van der Waals surface area contributed by atoms with Crippen molar-refractivity contribution in [2.24, 2.45) is 5.73 Å². The number of non-ortho nitro benzene ring substituents is 1. The Labute approximate surface area is 153 Å². The molecule has 1 amide bonds. The normalized spacial score (nSPS) is 10.2. The zero-order valence-corrected chi connectivity index (χ0v) is 14.7. The number of esters is 1. The fourth-order valence-corrected chi connectivity index (χ4v) is 2.90. The van der Waals surface area contributed by atoms with Crippen LogP contribution in [-0.2, 0) is 16.1 Å². The third-order valence-corrected chi connectivity index (χ3v) is 4.41. The molecule has 136 valence electrons. The lowest BCUT2D eigenvalue weighted by Crippen LogP contribution is -2.14. The van der Waals surface area contributed by atoms with E-state index in [-0.39, 0.29) is 23.6 Å². The summed E-state index contributed by atoms with van der Waals surface area (Å²) in [6.45, 7) is -0.196. The Bertz CT molecular complexity index is 840. The van der Waals surface area contributed by atoms with Crippen LogP contribution in [0.5, 0.6) is 5.75 Å². The van der Waals surface area contributed by atoms with E-state index in [1.807, 2.05) is 0 Å². The number of carbonyl (C=O) groups is 2. The first-order chi connectivity index (χ1) is 12.4. The van der Waals surface area contributed by atoms with Gasteiger partial charge in [0.2, 0.25) is 5.91 Å². The number of hydrogen-bond donors (Lipinski definition) is 1.